The molecule has 0 bridgehead atoms. The fourth-order valence-electron chi connectivity index (χ4n) is 5.58. The van der Waals surface area contributed by atoms with Gasteiger partial charge < -0.3 is 9.64 Å². The molecule has 9 heteroatoms. The van der Waals surface area contributed by atoms with E-state index in [0.29, 0.717) is 29.4 Å². The van der Waals surface area contributed by atoms with Gasteiger partial charge in [0, 0.05) is 28.0 Å². The van der Waals surface area contributed by atoms with Crippen molar-refractivity contribution in [2.75, 3.05) is 21.6 Å². The number of benzene rings is 5. The van der Waals surface area contributed by atoms with Crippen LogP contribution in [0.5, 0.6) is 5.75 Å². The Hall–Kier alpha value is -4.60. The molecule has 7 nitrogen and oxygen atoms in total. The minimum absolute atomic E-state index is 0.00261. The van der Waals surface area contributed by atoms with Crippen molar-refractivity contribution in [3.63, 3.8) is 0 Å². The quantitative estimate of drug-likeness (QED) is 0.178. The molecule has 228 valence electrons. The molecule has 1 aliphatic rings. The van der Waals surface area contributed by atoms with Gasteiger partial charge >= 0.3 is 0 Å². The zero-order chi connectivity index (χ0) is 31.7. The highest BCUT2D eigenvalue weighted by Gasteiger charge is 2.41. The molecule has 0 radical (unpaired) electrons. The van der Waals surface area contributed by atoms with E-state index in [2.05, 4.69) is 25.6 Å². The molecule has 0 saturated carbocycles. The van der Waals surface area contributed by atoms with Crippen LogP contribution in [-0.2, 0) is 16.6 Å². The van der Waals surface area contributed by atoms with Crippen LogP contribution in [0, 0.1) is 13.8 Å². The molecule has 45 heavy (non-hydrogen) atoms. The van der Waals surface area contributed by atoms with Crippen LogP contribution in [-0.4, -0.2) is 21.4 Å². The molecule has 0 fully saturated rings. The molecule has 0 spiro atoms. The van der Waals surface area contributed by atoms with Gasteiger partial charge in [0.15, 0.2) is 0 Å². The third kappa shape index (κ3) is 6.18. The van der Waals surface area contributed by atoms with Crippen molar-refractivity contribution in [2.24, 2.45) is 0 Å². The molecule has 0 aliphatic carbocycles. The first-order valence-corrected chi connectivity index (χ1v) is 16.7. The summed E-state index contributed by atoms with van der Waals surface area (Å²) >= 11 is 3.62. The van der Waals surface area contributed by atoms with Crippen LogP contribution in [0.1, 0.15) is 38.8 Å². The molecule has 6 rings (SSSR count). The average molecular weight is 683 g/mol. The number of amides is 1. The first kappa shape index (κ1) is 30.4. The molecule has 1 amide bonds. The summed E-state index contributed by atoms with van der Waals surface area (Å²) in [6, 6.07) is 35.3. The molecule has 1 aliphatic heterocycles. The van der Waals surface area contributed by atoms with E-state index in [0.717, 1.165) is 26.7 Å². The van der Waals surface area contributed by atoms with Crippen LogP contribution in [0.15, 0.2) is 125 Å². The van der Waals surface area contributed by atoms with E-state index >= 15 is 0 Å². The topological polar surface area (TPSA) is 79.0 Å². The second-order valence-corrected chi connectivity index (χ2v) is 13.6. The summed E-state index contributed by atoms with van der Waals surface area (Å²) in [6.45, 7) is 4.37. The van der Waals surface area contributed by atoms with Crippen molar-refractivity contribution in [1.29, 1.82) is 0 Å². The Morgan fingerprint density at radius 1 is 0.822 bits per heavy atom. The van der Waals surface area contributed by atoms with Crippen LogP contribution in [0.2, 0.25) is 0 Å². The summed E-state index contributed by atoms with van der Waals surface area (Å²) < 4.78 is 36.5. The number of rotatable bonds is 8. The van der Waals surface area contributed by atoms with Crippen molar-refractivity contribution in [1.82, 2.24) is 0 Å². The number of nitrogens with one attached hydrogen (secondary N) is 1. The Labute approximate surface area is 272 Å². The highest BCUT2D eigenvalue weighted by atomic mass is 79.9. The molecule has 0 unspecified atom stereocenters. The first-order chi connectivity index (χ1) is 21.6. The van der Waals surface area contributed by atoms with Crippen molar-refractivity contribution >= 4 is 48.9 Å². The summed E-state index contributed by atoms with van der Waals surface area (Å²) in [5.41, 5.74) is 5.89. The maximum atomic E-state index is 14.7. The maximum absolute atomic E-state index is 14.7. The zero-order valence-corrected chi connectivity index (χ0v) is 27.5. The van der Waals surface area contributed by atoms with E-state index in [1.807, 2.05) is 98.8 Å². The van der Waals surface area contributed by atoms with Gasteiger partial charge in [-0.2, -0.15) is 0 Å². The number of anilines is 3. The summed E-state index contributed by atoms with van der Waals surface area (Å²) in [6.07, 6.45) is -0.617. The zero-order valence-electron chi connectivity index (χ0n) is 25.1. The fourth-order valence-corrected chi connectivity index (χ4v) is 7.04. The Balaban J connectivity index is 1.55. The van der Waals surface area contributed by atoms with Gasteiger partial charge in [0.1, 0.15) is 11.9 Å². The second kappa shape index (κ2) is 12.4. The van der Waals surface area contributed by atoms with Crippen LogP contribution in [0.25, 0.3) is 0 Å². The number of methoxy groups -OCH3 is 1. The number of ether oxygens (including phenoxy) is 1. The lowest BCUT2D eigenvalue weighted by atomic mass is 9.98. The predicted octanol–water partition coefficient (Wildman–Crippen LogP) is 8.24. The number of hydrogen-bond donors (Lipinski definition) is 1. The van der Waals surface area contributed by atoms with Gasteiger partial charge in [0.25, 0.3) is 15.9 Å². The predicted molar refractivity (Wildman–Crippen MR) is 182 cm³/mol. The molecule has 0 aromatic heterocycles. The average Bonchev–Trinajstić information content (AvgIpc) is 3.04. The molecular weight excluding hydrogens is 650 g/mol. The summed E-state index contributed by atoms with van der Waals surface area (Å²) in [5, 5.41) is 0. The van der Waals surface area contributed by atoms with Crippen LogP contribution in [0.4, 0.5) is 17.1 Å². The Bertz CT molecular complexity index is 1970. The molecule has 0 saturated heterocycles. The number of halogens is 1. The van der Waals surface area contributed by atoms with Gasteiger partial charge in [0.2, 0.25) is 0 Å². The molecule has 5 aromatic carbocycles. The van der Waals surface area contributed by atoms with E-state index in [1.54, 1.807) is 36.3 Å². The van der Waals surface area contributed by atoms with Gasteiger partial charge in [-0.3, -0.25) is 14.4 Å². The third-order valence-corrected chi connectivity index (χ3v) is 9.73. The Morgan fingerprint density at radius 2 is 1.49 bits per heavy atom. The molecule has 1 N–H and O–H groups in total. The number of nitrogens with zero attached hydrogens (tertiary/aromatic N) is 2. The lowest BCUT2D eigenvalue weighted by Gasteiger charge is -2.46. The number of fused-ring (bicyclic) bond motifs is 1. The van der Waals surface area contributed by atoms with E-state index in [1.165, 1.54) is 6.07 Å². The number of aryl methyl sites for hydroxylation is 2. The highest BCUT2D eigenvalue weighted by molar-refractivity contribution is 9.10. The van der Waals surface area contributed by atoms with Gasteiger partial charge in [-0.1, -0.05) is 81.7 Å². The van der Waals surface area contributed by atoms with Crippen molar-refractivity contribution in [3.05, 3.63) is 148 Å². The standard InChI is InChI=1S/C36H32BrN3O4S/c1-24-9-14-28(15-10-24)38-45(42,43)30-18-19-33-31(22-30)36(41)40(29-16-11-25(2)12-17-29)35(32-21-27(37)13-20-34(32)44-3)39(33)23-26-7-5-4-6-8-26/h4-22,35,38H,23H2,1-3H3/t35-/m0/s1. The van der Waals surface area contributed by atoms with Crippen molar-refractivity contribution in [3.8, 4) is 5.75 Å². The summed E-state index contributed by atoms with van der Waals surface area (Å²) in [4.78, 5) is 18.5. The van der Waals surface area contributed by atoms with E-state index in [-0.39, 0.29) is 16.4 Å². The van der Waals surface area contributed by atoms with Crippen LogP contribution < -0.4 is 19.3 Å². The van der Waals surface area contributed by atoms with Crippen LogP contribution in [0.3, 0.4) is 0 Å². The van der Waals surface area contributed by atoms with Crippen molar-refractivity contribution in [2.45, 2.75) is 31.5 Å². The summed E-state index contributed by atoms with van der Waals surface area (Å²) in [5.74, 6) is 0.300. The Kier molecular flexibility index (Phi) is 8.40. The van der Waals surface area contributed by atoms with E-state index < -0.39 is 16.2 Å². The lowest BCUT2D eigenvalue weighted by molar-refractivity contribution is 0.0967. The number of hydrogen-bond acceptors (Lipinski definition) is 5. The monoisotopic (exact) mass is 681 g/mol. The van der Waals surface area contributed by atoms with Gasteiger partial charge in [-0.25, -0.2) is 8.42 Å². The molecule has 1 heterocycles. The van der Waals surface area contributed by atoms with Gasteiger partial charge in [0.05, 0.1) is 23.3 Å². The SMILES string of the molecule is COc1ccc(Br)cc1[C@H]1N(Cc2ccccc2)c2ccc(S(=O)(=O)Nc3ccc(C)cc3)cc2C(=O)N1c1ccc(C)cc1. The largest absolute Gasteiger partial charge is 0.496 e. The number of carbonyl (C=O) groups is 1. The number of sulfonamides is 1. The highest BCUT2D eigenvalue weighted by Crippen LogP contribution is 2.46. The molecule has 1 atom stereocenters. The number of carbonyl (C=O) groups excluding carboxylic acids is 1. The van der Waals surface area contributed by atoms with Crippen LogP contribution >= 0.6 is 15.9 Å². The maximum Gasteiger partial charge on any atom is 0.262 e. The minimum Gasteiger partial charge on any atom is -0.496 e. The summed E-state index contributed by atoms with van der Waals surface area (Å²) in [7, 11) is -2.38. The first-order valence-electron chi connectivity index (χ1n) is 14.4. The molecule has 5 aromatic rings. The second-order valence-electron chi connectivity index (χ2n) is 11.0. The fraction of sp³-hybridized carbons (Fsp3) is 0.139. The van der Waals surface area contributed by atoms with Crippen molar-refractivity contribution < 1.29 is 17.9 Å². The van der Waals surface area contributed by atoms with E-state index in [4.69, 9.17) is 4.74 Å². The lowest BCUT2D eigenvalue weighted by Crippen LogP contribution is -2.49. The molecular formula is C36H32BrN3O4S. The van der Waals surface area contributed by atoms with E-state index in [9.17, 15) is 13.2 Å². The normalized spacial score (nSPS) is 14.7. The van der Waals surface area contributed by atoms with Gasteiger partial charge in [-0.05, 0) is 80.1 Å². The smallest absolute Gasteiger partial charge is 0.262 e. The third-order valence-electron chi connectivity index (χ3n) is 7.86. The Morgan fingerprint density at radius 3 is 2.16 bits per heavy atom. The van der Waals surface area contributed by atoms with Gasteiger partial charge in [-0.15, -0.1) is 0 Å². The minimum atomic E-state index is -3.99.